The Balaban J connectivity index is 3.04. The Labute approximate surface area is 87.3 Å². The predicted molar refractivity (Wildman–Crippen MR) is 48.6 cm³/mol. The van der Waals surface area contributed by atoms with E-state index in [0.717, 1.165) is 11.8 Å². The molecule has 8 heteroatoms. The molecule has 0 radical (unpaired) electrons. The maximum atomic E-state index is 12.1. The van der Waals surface area contributed by atoms with Crippen molar-refractivity contribution in [3.8, 4) is 0 Å². The van der Waals surface area contributed by atoms with Gasteiger partial charge in [-0.15, -0.1) is 10.2 Å². The summed E-state index contributed by atoms with van der Waals surface area (Å²) in [4.78, 5) is 13.0. The lowest BCUT2D eigenvalue weighted by atomic mass is 10.4. The molecule has 1 aromatic heterocycles. The van der Waals surface area contributed by atoms with E-state index >= 15 is 0 Å². The van der Waals surface area contributed by atoms with Gasteiger partial charge in [0, 0.05) is 5.25 Å². The number of thioether (sulfide) groups is 1. The monoisotopic (exact) mass is 239 g/mol. The summed E-state index contributed by atoms with van der Waals surface area (Å²) in [5, 5.41) is 6.34. The Kier molecular flexibility index (Phi) is 3.38. The Morgan fingerprint density at radius 2 is 1.93 bits per heavy atom. The van der Waals surface area contributed by atoms with Crippen LogP contribution in [0.5, 0.6) is 0 Å². The van der Waals surface area contributed by atoms with Crippen LogP contribution in [0.3, 0.4) is 0 Å². The lowest BCUT2D eigenvalue weighted by Crippen LogP contribution is -2.25. The lowest BCUT2D eigenvalue weighted by molar-refractivity contribution is -0.143. The summed E-state index contributed by atoms with van der Waals surface area (Å²) in [6, 6.07) is 0. The van der Waals surface area contributed by atoms with E-state index in [-0.39, 0.29) is 10.4 Å². The van der Waals surface area contributed by atoms with E-state index in [1.54, 1.807) is 0 Å². The molecule has 1 aromatic rings. The van der Waals surface area contributed by atoms with Crippen LogP contribution in [0.4, 0.5) is 13.2 Å². The lowest BCUT2D eigenvalue weighted by Gasteiger charge is -2.05. The fourth-order valence-electron chi connectivity index (χ4n) is 0.784. The van der Waals surface area contributed by atoms with Gasteiger partial charge in [-0.1, -0.05) is 25.6 Å². The number of aromatic nitrogens is 3. The molecule has 4 nitrogen and oxygen atoms in total. The first kappa shape index (κ1) is 12.0. The molecule has 15 heavy (non-hydrogen) atoms. The van der Waals surface area contributed by atoms with Crippen molar-refractivity contribution < 1.29 is 13.2 Å². The van der Waals surface area contributed by atoms with E-state index in [0.29, 0.717) is 0 Å². The third kappa shape index (κ3) is 3.22. The number of nitrogens with one attached hydrogen (secondary N) is 1. The fourth-order valence-corrected chi connectivity index (χ4v) is 1.47. The van der Waals surface area contributed by atoms with Crippen LogP contribution in [0.25, 0.3) is 0 Å². The van der Waals surface area contributed by atoms with Crippen LogP contribution in [0, 0.1) is 0 Å². The average molecular weight is 239 g/mol. The van der Waals surface area contributed by atoms with Gasteiger partial charge in [0.05, 0.1) is 0 Å². The number of aromatic amines is 1. The van der Waals surface area contributed by atoms with Gasteiger partial charge in [-0.05, 0) is 0 Å². The summed E-state index contributed by atoms with van der Waals surface area (Å²) >= 11 is 1.14. The van der Waals surface area contributed by atoms with Crippen molar-refractivity contribution in [3.63, 3.8) is 0 Å². The molecule has 0 saturated heterocycles. The van der Waals surface area contributed by atoms with Crippen molar-refractivity contribution >= 4 is 11.8 Å². The molecule has 0 saturated carbocycles. The molecule has 0 aliphatic heterocycles. The van der Waals surface area contributed by atoms with Crippen LogP contribution in [-0.2, 0) is 6.18 Å². The number of hydrogen-bond donors (Lipinski definition) is 1. The Morgan fingerprint density at radius 3 is 2.33 bits per heavy atom. The smallest absolute Gasteiger partial charge is 0.298 e. The van der Waals surface area contributed by atoms with Gasteiger partial charge in [0.15, 0.2) is 5.16 Å². The second kappa shape index (κ2) is 4.21. The number of hydrogen-bond acceptors (Lipinski definition) is 4. The van der Waals surface area contributed by atoms with Gasteiger partial charge in [-0.3, -0.25) is 9.78 Å². The maximum Gasteiger partial charge on any atom is 0.440 e. The first-order valence-corrected chi connectivity index (χ1v) is 4.89. The van der Waals surface area contributed by atoms with Gasteiger partial charge in [0.1, 0.15) is 0 Å². The average Bonchev–Trinajstić information content (AvgIpc) is 1.99. The number of nitrogens with zero attached hydrogens (tertiary/aromatic N) is 2. The number of alkyl halides is 3. The van der Waals surface area contributed by atoms with Crippen LogP contribution < -0.4 is 5.56 Å². The summed E-state index contributed by atoms with van der Waals surface area (Å²) in [6.07, 6.45) is -4.76. The highest BCUT2D eigenvalue weighted by Crippen LogP contribution is 2.24. The minimum atomic E-state index is -4.76. The van der Waals surface area contributed by atoms with Crippen LogP contribution in [0.15, 0.2) is 9.95 Å². The molecule has 0 fully saturated rings. The number of halogens is 3. The van der Waals surface area contributed by atoms with Crippen LogP contribution in [-0.4, -0.2) is 20.4 Å². The molecule has 0 unspecified atom stereocenters. The first-order chi connectivity index (χ1) is 6.80. The van der Waals surface area contributed by atoms with Crippen molar-refractivity contribution in [1.82, 2.24) is 15.2 Å². The minimum absolute atomic E-state index is 0.0861. The van der Waals surface area contributed by atoms with Crippen LogP contribution in [0.2, 0.25) is 0 Å². The fraction of sp³-hybridized carbons (Fsp3) is 0.571. The van der Waals surface area contributed by atoms with Crippen molar-refractivity contribution in [3.05, 3.63) is 16.0 Å². The van der Waals surface area contributed by atoms with Gasteiger partial charge in [0.25, 0.3) is 5.56 Å². The predicted octanol–water partition coefficient (Wildman–Crippen LogP) is 1.68. The molecule has 1 N–H and O–H groups in total. The SMILES string of the molecule is CC(C)Sc1nnc(C(F)(F)F)c(=O)[nH]1. The second-order valence-electron chi connectivity index (χ2n) is 2.97. The Bertz CT molecular complexity index is 401. The summed E-state index contributed by atoms with van der Waals surface area (Å²) in [5.41, 5.74) is -2.78. The highest BCUT2D eigenvalue weighted by Gasteiger charge is 2.36. The molecule has 0 bridgehead atoms. The minimum Gasteiger partial charge on any atom is -0.298 e. The summed E-state index contributed by atoms with van der Waals surface area (Å²) in [7, 11) is 0. The largest absolute Gasteiger partial charge is 0.440 e. The zero-order valence-electron chi connectivity index (χ0n) is 7.92. The zero-order chi connectivity index (χ0) is 11.6. The van der Waals surface area contributed by atoms with Crippen molar-refractivity contribution in [1.29, 1.82) is 0 Å². The normalized spacial score (nSPS) is 12.1. The molecule has 0 aliphatic carbocycles. The molecular formula is C7H8F3N3OS. The molecule has 0 aliphatic rings. The van der Waals surface area contributed by atoms with Gasteiger partial charge in [0.2, 0.25) is 5.69 Å². The first-order valence-electron chi connectivity index (χ1n) is 4.01. The second-order valence-corrected chi connectivity index (χ2v) is 4.54. The molecule has 84 valence electrons. The van der Waals surface area contributed by atoms with E-state index in [4.69, 9.17) is 0 Å². The number of rotatable bonds is 2. The van der Waals surface area contributed by atoms with Crippen molar-refractivity contribution in [2.75, 3.05) is 0 Å². The van der Waals surface area contributed by atoms with Crippen LogP contribution in [0.1, 0.15) is 19.5 Å². The summed E-state index contributed by atoms with van der Waals surface area (Å²) in [6.45, 7) is 3.64. The quantitative estimate of drug-likeness (QED) is 0.798. The van der Waals surface area contributed by atoms with Gasteiger partial charge in [-0.25, -0.2) is 0 Å². The molecule has 0 spiro atoms. The molecule has 0 atom stereocenters. The van der Waals surface area contributed by atoms with Crippen LogP contribution >= 0.6 is 11.8 Å². The highest BCUT2D eigenvalue weighted by molar-refractivity contribution is 7.99. The zero-order valence-corrected chi connectivity index (χ0v) is 8.74. The Hall–Kier alpha value is -1.05. The van der Waals surface area contributed by atoms with Gasteiger partial charge in [-0.2, -0.15) is 13.2 Å². The topological polar surface area (TPSA) is 58.6 Å². The van der Waals surface area contributed by atoms with E-state index < -0.39 is 17.4 Å². The standard InChI is InChI=1S/C7H8F3N3OS/c1-3(2)15-6-11-5(14)4(12-13-6)7(8,9)10/h3H,1-2H3,(H,11,13,14). The number of H-pyrrole nitrogens is 1. The molecule has 1 rings (SSSR count). The maximum absolute atomic E-state index is 12.1. The van der Waals surface area contributed by atoms with Gasteiger partial charge >= 0.3 is 6.18 Å². The summed E-state index contributed by atoms with van der Waals surface area (Å²) < 4.78 is 36.3. The molecule has 1 heterocycles. The molecular weight excluding hydrogens is 231 g/mol. The third-order valence-electron chi connectivity index (χ3n) is 1.29. The Morgan fingerprint density at radius 1 is 1.33 bits per heavy atom. The van der Waals surface area contributed by atoms with E-state index in [2.05, 4.69) is 10.2 Å². The summed E-state index contributed by atoms with van der Waals surface area (Å²) in [5.74, 6) is 0. The highest BCUT2D eigenvalue weighted by atomic mass is 32.2. The molecule has 0 aromatic carbocycles. The van der Waals surface area contributed by atoms with Crippen molar-refractivity contribution in [2.24, 2.45) is 0 Å². The van der Waals surface area contributed by atoms with Crippen molar-refractivity contribution in [2.45, 2.75) is 30.4 Å². The van der Waals surface area contributed by atoms with E-state index in [1.165, 1.54) is 0 Å². The van der Waals surface area contributed by atoms with Gasteiger partial charge < -0.3 is 0 Å². The van der Waals surface area contributed by atoms with E-state index in [1.807, 2.05) is 18.8 Å². The van der Waals surface area contributed by atoms with E-state index in [9.17, 15) is 18.0 Å². The third-order valence-corrected chi connectivity index (χ3v) is 2.17. The molecule has 0 amide bonds.